The normalized spacial score (nSPS) is 15.9. The smallest absolute Gasteiger partial charge is 0.308 e. The maximum atomic E-state index is 14.2. The van der Waals surface area contributed by atoms with Gasteiger partial charge in [-0.05, 0) is 40.7 Å². The van der Waals surface area contributed by atoms with Crippen LogP contribution in [0, 0.1) is 5.82 Å². The van der Waals surface area contributed by atoms with E-state index in [0.717, 1.165) is 0 Å². The predicted octanol–water partition coefficient (Wildman–Crippen LogP) is 3.05. The molecule has 0 spiro atoms. The molecule has 0 aliphatic rings. The Bertz CT molecular complexity index is 557. The fraction of sp³-hybridized carbons (Fsp3) is 0.562. The molecule has 1 aromatic rings. The zero-order chi connectivity index (χ0) is 17.0. The quantitative estimate of drug-likeness (QED) is 0.816. The van der Waals surface area contributed by atoms with Crippen LogP contribution in [0.2, 0.25) is 0 Å². The molecule has 0 bridgehead atoms. The van der Waals surface area contributed by atoms with Gasteiger partial charge in [-0.3, -0.25) is 4.79 Å². The highest BCUT2D eigenvalue weighted by Crippen LogP contribution is 2.29. The summed E-state index contributed by atoms with van der Waals surface area (Å²) in [5.74, 6) is -0.917. The highest BCUT2D eigenvalue weighted by Gasteiger charge is 2.36. The molecule has 2 atom stereocenters. The van der Waals surface area contributed by atoms with Gasteiger partial charge in [-0.25, -0.2) is 13.3 Å². The summed E-state index contributed by atoms with van der Waals surface area (Å²) >= 11 is 0. The third-order valence-electron chi connectivity index (χ3n) is 3.15. The van der Waals surface area contributed by atoms with Crippen molar-refractivity contribution in [2.75, 3.05) is 6.61 Å². The van der Waals surface area contributed by atoms with Gasteiger partial charge in [0, 0.05) is 5.56 Å². The number of hydrogen-bond donors (Lipinski definition) is 1. The van der Waals surface area contributed by atoms with Crippen molar-refractivity contribution in [1.29, 1.82) is 0 Å². The van der Waals surface area contributed by atoms with Gasteiger partial charge in [-0.15, -0.1) is 0 Å². The van der Waals surface area contributed by atoms with Crippen molar-refractivity contribution >= 4 is 17.0 Å². The Labute approximate surface area is 134 Å². The van der Waals surface area contributed by atoms with E-state index >= 15 is 0 Å². The van der Waals surface area contributed by atoms with Gasteiger partial charge in [0.2, 0.25) is 0 Å². The lowest BCUT2D eigenvalue weighted by Crippen LogP contribution is -2.48. The first-order chi connectivity index (χ1) is 10.1. The average Bonchev–Trinajstić information content (AvgIpc) is 2.37. The van der Waals surface area contributed by atoms with Crippen molar-refractivity contribution in [1.82, 2.24) is 4.72 Å². The number of carbonyl (C=O) groups excluding carboxylic acids is 1. The van der Waals surface area contributed by atoms with Crippen molar-refractivity contribution in [3.8, 4) is 0 Å². The predicted molar refractivity (Wildman–Crippen MR) is 86.0 cm³/mol. The van der Waals surface area contributed by atoms with Gasteiger partial charge in [0.1, 0.15) is 5.82 Å². The van der Waals surface area contributed by atoms with Crippen molar-refractivity contribution in [2.45, 2.75) is 51.3 Å². The second-order valence-corrected chi connectivity index (χ2v) is 8.24. The van der Waals surface area contributed by atoms with E-state index in [4.69, 9.17) is 4.74 Å². The largest absolute Gasteiger partial charge is 0.466 e. The molecular weight excluding hydrogens is 305 g/mol. The van der Waals surface area contributed by atoms with Crippen LogP contribution >= 0.6 is 0 Å². The molecule has 0 unspecified atom stereocenters. The number of hydrogen-bond acceptors (Lipinski definition) is 3. The Balaban J connectivity index is 3.18. The monoisotopic (exact) mass is 329 g/mol. The Hall–Kier alpha value is -1.27. The number of nitrogens with one attached hydrogen (secondary N) is 1. The number of rotatable bonds is 6. The van der Waals surface area contributed by atoms with Crippen LogP contribution in [0.1, 0.15) is 46.6 Å². The summed E-state index contributed by atoms with van der Waals surface area (Å²) in [7, 11) is -1.46. The van der Waals surface area contributed by atoms with E-state index in [1.54, 1.807) is 32.0 Å². The van der Waals surface area contributed by atoms with Crippen LogP contribution < -0.4 is 4.72 Å². The van der Waals surface area contributed by atoms with Crippen LogP contribution in [0.3, 0.4) is 0 Å². The molecule has 6 heteroatoms. The molecular formula is C16H24FNO3S. The molecule has 1 aromatic carbocycles. The van der Waals surface area contributed by atoms with Gasteiger partial charge in [0.15, 0.2) is 0 Å². The fourth-order valence-corrected chi connectivity index (χ4v) is 2.85. The lowest BCUT2D eigenvalue weighted by atomic mass is 9.89. The van der Waals surface area contributed by atoms with E-state index < -0.39 is 33.1 Å². The summed E-state index contributed by atoms with van der Waals surface area (Å²) in [5, 5.41) is 0. The zero-order valence-electron chi connectivity index (χ0n) is 13.7. The average molecular weight is 329 g/mol. The summed E-state index contributed by atoms with van der Waals surface area (Å²) < 4.78 is 33.9. The molecule has 22 heavy (non-hydrogen) atoms. The number of benzene rings is 1. The molecule has 4 nitrogen and oxygen atoms in total. The van der Waals surface area contributed by atoms with E-state index in [9.17, 15) is 13.4 Å². The highest BCUT2D eigenvalue weighted by atomic mass is 32.2. The van der Waals surface area contributed by atoms with Crippen molar-refractivity contribution in [2.24, 2.45) is 0 Å². The zero-order valence-corrected chi connectivity index (χ0v) is 14.6. The summed E-state index contributed by atoms with van der Waals surface area (Å²) in [5.41, 5.74) is -0.823. The summed E-state index contributed by atoms with van der Waals surface area (Å²) in [6.45, 7) is 9.03. The van der Waals surface area contributed by atoms with Crippen LogP contribution in [0.15, 0.2) is 24.3 Å². The number of esters is 1. The van der Waals surface area contributed by atoms with Crippen LogP contribution in [-0.4, -0.2) is 21.5 Å². The van der Waals surface area contributed by atoms with Crippen molar-refractivity contribution in [3.63, 3.8) is 0 Å². The summed E-state index contributed by atoms with van der Waals surface area (Å²) in [6, 6.07) is 6.16. The van der Waals surface area contributed by atoms with Crippen molar-refractivity contribution in [3.05, 3.63) is 35.6 Å². The van der Waals surface area contributed by atoms with Crippen LogP contribution in [0.25, 0.3) is 0 Å². The first-order valence-corrected chi connectivity index (χ1v) is 8.35. The van der Waals surface area contributed by atoms with E-state index in [2.05, 4.69) is 4.72 Å². The standard InChI is InChI=1S/C16H24FNO3S/c1-6-21-14(19)11-16(5,18-22(20)15(2,3)4)12-9-7-8-10-13(12)17/h7-10,18H,6,11H2,1-5H3/t16-,22-/m0/s1. The van der Waals surface area contributed by atoms with E-state index in [-0.39, 0.29) is 13.0 Å². The Morgan fingerprint density at radius 1 is 1.27 bits per heavy atom. The molecule has 1 rings (SSSR count). The Morgan fingerprint density at radius 3 is 2.36 bits per heavy atom. The van der Waals surface area contributed by atoms with Gasteiger partial charge >= 0.3 is 5.97 Å². The Morgan fingerprint density at radius 2 is 1.86 bits per heavy atom. The maximum Gasteiger partial charge on any atom is 0.308 e. The topological polar surface area (TPSA) is 55.4 Å². The third kappa shape index (κ3) is 4.88. The molecule has 0 aromatic heterocycles. The molecule has 0 aliphatic heterocycles. The lowest BCUT2D eigenvalue weighted by Gasteiger charge is -2.33. The second kappa shape index (κ2) is 7.33. The molecule has 1 N–H and O–H groups in total. The molecule has 0 aliphatic carbocycles. The third-order valence-corrected chi connectivity index (χ3v) is 4.89. The highest BCUT2D eigenvalue weighted by molar-refractivity contribution is 7.84. The summed E-state index contributed by atoms with van der Waals surface area (Å²) in [6.07, 6.45) is -0.108. The van der Waals surface area contributed by atoms with E-state index in [1.807, 2.05) is 20.8 Å². The molecule has 0 saturated heterocycles. The Kier molecular flexibility index (Phi) is 6.26. The number of halogens is 1. The lowest BCUT2D eigenvalue weighted by molar-refractivity contribution is -0.144. The SMILES string of the molecule is CCOC(=O)C[C@](C)(N[S@@](=O)C(C)(C)C)c1ccccc1F. The first kappa shape index (κ1) is 18.8. The number of carbonyl (C=O) groups is 1. The van der Waals surface area contributed by atoms with Crippen LogP contribution in [0.4, 0.5) is 4.39 Å². The molecule has 0 radical (unpaired) electrons. The van der Waals surface area contributed by atoms with Gasteiger partial charge in [-0.2, -0.15) is 0 Å². The van der Waals surface area contributed by atoms with E-state index in [1.165, 1.54) is 6.07 Å². The number of ether oxygens (including phenoxy) is 1. The first-order valence-electron chi connectivity index (χ1n) is 7.20. The summed E-state index contributed by atoms with van der Waals surface area (Å²) in [4.78, 5) is 11.9. The minimum Gasteiger partial charge on any atom is -0.466 e. The van der Waals surface area contributed by atoms with Crippen LogP contribution in [-0.2, 0) is 26.1 Å². The van der Waals surface area contributed by atoms with Gasteiger partial charge < -0.3 is 4.74 Å². The van der Waals surface area contributed by atoms with Gasteiger partial charge in [0.25, 0.3) is 0 Å². The van der Waals surface area contributed by atoms with Gasteiger partial charge in [0.05, 0.1) is 34.3 Å². The minimum atomic E-state index is -1.46. The second-order valence-electron chi connectivity index (χ2n) is 6.28. The molecule has 124 valence electrons. The fourth-order valence-electron chi connectivity index (χ4n) is 1.95. The molecule has 0 saturated carbocycles. The van der Waals surface area contributed by atoms with Crippen LogP contribution in [0.5, 0.6) is 0 Å². The van der Waals surface area contributed by atoms with E-state index in [0.29, 0.717) is 5.56 Å². The van der Waals surface area contributed by atoms with Crippen molar-refractivity contribution < 1.29 is 18.1 Å². The molecule has 0 heterocycles. The maximum absolute atomic E-state index is 14.2. The minimum absolute atomic E-state index is 0.108. The van der Waals surface area contributed by atoms with Gasteiger partial charge in [-0.1, -0.05) is 18.2 Å². The molecule has 0 amide bonds. The molecule has 0 fully saturated rings.